The van der Waals surface area contributed by atoms with E-state index >= 15 is 0 Å². The molecule has 0 saturated heterocycles. The second-order valence-corrected chi connectivity index (χ2v) is 3.24. The SMILES string of the molecule is CN.C[C@@H]1CCCC[C@@H]1C. The fourth-order valence-electron chi connectivity index (χ4n) is 1.50. The molecule has 0 spiro atoms. The summed E-state index contributed by atoms with van der Waals surface area (Å²) in [5, 5.41) is 0. The molecule has 1 heteroatoms. The quantitative estimate of drug-likeness (QED) is 0.553. The van der Waals surface area contributed by atoms with Crippen LogP contribution in [0.1, 0.15) is 39.5 Å². The van der Waals surface area contributed by atoms with E-state index in [0.29, 0.717) is 0 Å². The largest absolute Gasteiger partial charge is 0.333 e. The predicted molar refractivity (Wildman–Crippen MR) is 46.9 cm³/mol. The van der Waals surface area contributed by atoms with Gasteiger partial charge in [-0.15, -0.1) is 0 Å². The second kappa shape index (κ2) is 5.72. The highest BCUT2D eigenvalue weighted by Crippen LogP contribution is 2.28. The molecule has 0 aromatic rings. The fourth-order valence-corrected chi connectivity index (χ4v) is 1.50. The summed E-state index contributed by atoms with van der Waals surface area (Å²) in [6.45, 7) is 4.76. The van der Waals surface area contributed by atoms with E-state index in [9.17, 15) is 0 Å². The Morgan fingerprint density at radius 1 is 0.900 bits per heavy atom. The van der Waals surface area contributed by atoms with Crippen molar-refractivity contribution in [2.45, 2.75) is 39.5 Å². The maximum atomic E-state index is 4.50. The summed E-state index contributed by atoms with van der Waals surface area (Å²) in [5.74, 6) is 2.01. The van der Waals surface area contributed by atoms with Crippen molar-refractivity contribution in [1.82, 2.24) is 0 Å². The molecule has 0 aliphatic heterocycles. The van der Waals surface area contributed by atoms with Gasteiger partial charge in [0.25, 0.3) is 0 Å². The van der Waals surface area contributed by atoms with Crippen LogP contribution in [0.15, 0.2) is 0 Å². The molecule has 62 valence electrons. The summed E-state index contributed by atoms with van der Waals surface area (Å²) < 4.78 is 0. The van der Waals surface area contributed by atoms with Crippen LogP contribution in [-0.4, -0.2) is 7.05 Å². The molecule has 0 amide bonds. The highest BCUT2D eigenvalue weighted by Gasteiger charge is 2.15. The highest BCUT2D eigenvalue weighted by molar-refractivity contribution is 4.67. The molecule has 1 aliphatic carbocycles. The molecule has 1 fully saturated rings. The van der Waals surface area contributed by atoms with E-state index in [4.69, 9.17) is 0 Å². The average molecular weight is 143 g/mol. The summed E-state index contributed by atoms with van der Waals surface area (Å²) in [7, 11) is 1.50. The zero-order valence-electron chi connectivity index (χ0n) is 7.56. The van der Waals surface area contributed by atoms with Gasteiger partial charge in [-0.05, 0) is 18.9 Å². The first-order valence-electron chi connectivity index (χ1n) is 4.38. The van der Waals surface area contributed by atoms with Crippen molar-refractivity contribution in [3.05, 3.63) is 0 Å². The van der Waals surface area contributed by atoms with Gasteiger partial charge in [-0.2, -0.15) is 0 Å². The van der Waals surface area contributed by atoms with Gasteiger partial charge in [0, 0.05) is 0 Å². The number of hydrogen-bond donors (Lipinski definition) is 1. The van der Waals surface area contributed by atoms with Crippen molar-refractivity contribution < 1.29 is 0 Å². The van der Waals surface area contributed by atoms with Gasteiger partial charge in [0.1, 0.15) is 0 Å². The lowest BCUT2D eigenvalue weighted by Crippen LogP contribution is -2.12. The molecule has 0 heterocycles. The maximum Gasteiger partial charge on any atom is -0.0195 e. The van der Waals surface area contributed by atoms with Gasteiger partial charge >= 0.3 is 0 Å². The van der Waals surface area contributed by atoms with Crippen molar-refractivity contribution >= 4 is 0 Å². The first-order valence-corrected chi connectivity index (χ1v) is 4.38. The summed E-state index contributed by atoms with van der Waals surface area (Å²) in [4.78, 5) is 0. The smallest absolute Gasteiger partial charge is 0.0195 e. The van der Waals surface area contributed by atoms with Crippen LogP contribution in [0.5, 0.6) is 0 Å². The Bertz CT molecular complexity index is 61.1. The average Bonchev–Trinajstić information content (AvgIpc) is 2.00. The minimum absolute atomic E-state index is 1.00. The molecule has 1 saturated carbocycles. The van der Waals surface area contributed by atoms with Gasteiger partial charge in [-0.1, -0.05) is 39.5 Å². The van der Waals surface area contributed by atoms with Gasteiger partial charge in [-0.25, -0.2) is 0 Å². The molecule has 1 aliphatic rings. The zero-order chi connectivity index (χ0) is 7.98. The lowest BCUT2D eigenvalue weighted by Gasteiger charge is -2.24. The molecule has 0 aromatic carbocycles. The predicted octanol–water partition coefficient (Wildman–Crippen LogP) is 2.41. The van der Waals surface area contributed by atoms with Crippen LogP contribution in [-0.2, 0) is 0 Å². The fraction of sp³-hybridized carbons (Fsp3) is 1.00. The Labute approximate surface area is 65.0 Å². The Morgan fingerprint density at radius 2 is 1.20 bits per heavy atom. The molecule has 0 aromatic heterocycles. The van der Waals surface area contributed by atoms with Crippen LogP contribution in [0.3, 0.4) is 0 Å². The van der Waals surface area contributed by atoms with Crippen molar-refractivity contribution in [2.75, 3.05) is 7.05 Å². The lowest BCUT2D eigenvalue weighted by molar-refractivity contribution is 0.277. The summed E-state index contributed by atoms with van der Waals surface area (Å²) >= 11 is 0. The van der Waals surface area contributed by atoms with E-state index in [1.165, 1.54) is 32.7 Å². The van der Waals surface area contributed by atoms with Crippen molar-refractivity contribution in [2.24, 2.45) is 17.6 Å². The van der Waals surface area contributed by atoms with E-state index < -0.39 is 0 Å². The van der Waals surface area contributed by atoms with E-state index in [-0.39, 0.29) is 0 Å². The highest BCUT2D eigenvalue weighted by atomic mass is 14.4. The topological polar surface area (TPSA) is 26.0 Å². The summed E-state index contributed by atoms with van der Waals surface area (Å²) in [6, 6.07) is 0. The normalized spacial score (nSPS) is 32.4. The van der Waals surface area contributed by atoms with Crippen LogP contribution in [0.4, 0.5) is 0 Å². The van der Waals surface area contributed by atoms with Crippen LogP contribution >= 0.6 is 0 Å². The van der Waals surface area contributed by atoms with Gasteiger partial charge in [0.2, 0.25) is 0 Å². The van der Waals surface area contributed by atoms with Crippen molar-refractivity contribution in [3.63, 3.8) is 0 Å². The van der Waals surface area contributed by atoms with Gasteiger partial charge in [0.15, 0.2) is 0 Å². The molecule has 0 bridgehead atoms. The number of hydrogen-bond acceptors (Lipinski definition) is 1. The maximum absolute atomic E-state index is 4.50. The van der Waals surface area contributed by atoms with Crippen LogP contribution in [0.2, 0.25) is 0 Å². The minimum atomic E-state index is 1.00. The van der Waals surface area contributed by atoms with Gasteiger partial charge in [-0.3, -0.25) is 0 Å². The summed E-state index contributed by atoms with van der Waals surface area (Å²) in [6.07, 6.45) is 5.90. The molecule has 0 unspecified atom stereocenters. The van der Waals surface area contributed by atoms with E-state index in [2.05, 4.69) is 19.6 Å². The van der Waals surface area contributed by atoms with Crippen LogP contribution in [0.25, 0.3) is 0 Å². The first kappa shape index (κ1) is 9.96. The Morgan fingerprint density at radius 3 is 1.40 bits per heavy atom. The van der Waals surface area contributed by atoms with Crippen molar-refractivity contribution in [1.29, 1.82) is 0 Å². The Hall–Kier alpha value is -0.0400. The van der Waals surface area contributed by atoms with Gasteiger partial charge in [0.05, 0.1) is 0 Å². The Balaban J connectivity index is 0.000000371. The van der Waals surface area contributed by atoms with Crippen LogP contribution in [0, 0.1) is 11.8 Å². The van der Waals surface area contributed by atoms with E-state index in [0.717, 1.165) is 11.8 Å². The van der Waals surface area contributed by atoms with Crippen molar-refractivity contribution in [3.8, 4) is 0 Å². The molecule has 10 heavy (non-hydrogen) atoms. The third-order valence-corrected chi connectivity index (χ3v) is 2.54. The van der Waals surface area contributed by atoms with E-state index in [1.807, 2.05) is 0 Å². The number of rotatable bonds is 0. The third-order valence-electron chi connectivity index (χ3n) is 2.54. The molecule has 1 rings (SSSR count). The molecule has 2 N–H and O–H groups in total. The second-order valence-electron chi connectivity index (χ2n) is 3.24. The standard InChI is InChI=1S/C8H16.CH5N/c1-7-5-3-4-6-8(7)2;1-2/h7-8H,3-6H2,1-2H3;2H2,1H3/t7-,8+;. The molecular weight excluding hydrogens is 122 g/mol. The third kappa shape index (κ3) is 3.21. The Kier molecular flexibility index (Phi) is 5.70. The molecule has 2 atom stereocenters. The minimum Gasteiger partial charge on any atom is -0.333 e. The summed E-state index contributed by atoms with van der Waals surface area (Å²) in [5.41, 5.74) is 4.50. The first-order chi connectivity index (χ1) is 4.80. The molecule has 1 nitrogen and oxygen atoms in total. The molecular formula is C9H21N. The monoisotopic (exact) mass is 143 g/mol. The van der Waals surface area contributed by atoms with E-state index in [1.54, 1.807) is 0 Å². The van der Waals surface area contributed by atoms with Crippen LogP contribution < -0.4 is 5.73 Å². The molecule has 0 radical (unpaired) electrons. The number of nitrogens with two attached hydrogens (primary N) is 1. The lowest BCUT2D eigenvalue weighted by atomic mass is 9.82. The van der Waals surface area contributed by atoms with Gasteiger partial charge < -0.3 is 5.73 Å². The zero-order valence-corrected chi connectivity index (χ0v) is 7.56.